The minimum atomic E-state index is -0.625. The molecule has 0 aliphatic heterocycles. The molecule has 0 fully saturated rings. The lowest BCUT2D eigenvalue weighted by Gasteiger charge is -1.95. The number of aromatic nitrogens is 2. The van der Waals surface area contributed by atoms with Crippen LogP contribution in [0.15, 0.2) is 4.42 Å². The summed E-state index contributed by atoms with van der Waals surface area (Å²) in [6, 6.07) is 0. The quantitative estimate of drug-likeness (QED) is 0.507. The third kappa shape index (κ3) is 2.81. The molecular formula is C8H12N2O4. The van der Waals surface area contributed by atoms with Crippen molar-refractivity contribution in [3.8, 4) is 0 Å². The number of hydrogen-bond acceptors (Lipinski definition) is 6. The van der Waals surface area contributed by atoms with Crippen molar-refractivity contribution in [2.75, 3.05) is 20.3 Å². The molecule has 0 bridgehead atoms. The van der Waals surface area contributed by atoms with Gasteiger partial charge in [0.05, 0.1) is 13.7 Å². The first-order valence-electron chi connectivity index (χ1n) is 4.26. The van der Waals surface area contributed by atoms with E-state index in [1.807, 2.05) is 6.92 Å². The predicted octanol–water partition coefficient (Wildman–Crippen LogP) is 0.435. The van der Waals surface area contributed by atoms with Gasteiger partial charge in [-0.05, 0) is 6.92 Å². The summed E-state index contributed by atoms with van der Waals surface area (Å²) >= 11 is 0. The lowest BCUT2D eigenvalue weighted by Crippen LogP contribution is -2.01. The van der Waals surface area contributed by atoms with Gasteiger partial charge in [0.25, 0.3) is 0 Å². The second-order valence-electron chi connectivity index (χ2n) is 2.44. The number of nitrogens with zero attached hydrogens (tertiary/aromatic N) is 2. The van der Waals surface area contributed by atoms with Crippen molar-refractivity contribution in [1.29, 1.82) is 0 Å². The fourth-order valence-electron chi connectivity index (χ4n) is 0.828. The number of hydrogen-bond donors (Lipinski definition) is 0. The standard InChI is InChI=1S/C8H12N2O4/c1-3-13-5-4-6-9-10-7(14-6)8(11)12-2/h3-5H2,1-2H3. The van der Waals surface area contributed by atoms with Crippen molar-refractivity contribution in [3.63, 3.8) is 0 Å². The molecular weight excluding hydrogens is 188 g/mol. The first kappa shape index (κ1) is 10.6. The van der Waals surface area contributed by atoms with E-state index >= 15 is 0 Å². The van der Waals surface area contributed by atoms with Gasteiger partial charge in [-0.15, -0.1) is 10.2 Å². The summed E-state index contributed by atoms with van der Waals surface area (Å²) in [5, 5.41) is 7.18. The Morgan fingerprint density at radius 2 is 2.29 bits per heavy atom. The Kier molecular flexibility index (Phi) is 4.06. The van der Waals surface area contributed by atoms with Gasteiger partial charge in [-0.2, -0.15) is 0 Å². The molecule has 0 unspecified atom stereocenters. The Morgan fingerprint density at radius 3 is 2.93 bits per heavy atom. The molecule has 78 valence electrons. The number of ether oxygens (including phenoxy) is 2. The molecule has 0 aliphatic carbocycles. The van der Waals surface area contributed by atoms with Crippen molar-refractivity contribution in [3.05, 3.63) is 11.8 Å². The molecule has 0 aromatic carbocycles. The normalized spacial score (nSPS) is 10.1. The van der Waals surface area contributed by atoms with Gasteiger partial charge < -0.3 is 13.9 Å². The lowest BCUT2D eigenvalue weighted by atomic mass is 10.5. The fourth-order valence-corrected chi connectivity index (χ4v) is 0.828. The van der Waals surface area contributed by atoms with E-state index in [0.717, 1.165) is 0 Å². The lowest BCUT2D eigenvalue weighted by molar-refractivity contribution is 0.0552. The minimum absolute atomic E-state index is 0.126. The highest BCUT2D eigenvalue weighted by molar-refractivity contribution is 5.83. The molecule has 0 aliphatic rings. The average molecular weight is 200 g/mol. The summed E-state index contributed by atoms with van der Waals surface area (Å²) in [6.07, 6.45) is 0.498. The van der Waals surface area contributed by atoms with Crippen LogP contribution in [0, 0.1) is 0 Å². The summed E-state index contributed by atoms with van der Waals surface area (Å²) in [5.74, 6) is -0.377. The van der Waals surface area contributed by atoms with Crippen molar-refractivity contribution < 1.29 is 18.7 Å². The number of rotatable bonds is 5. The summed E-state index contributed by atoms with van der Waals surface area (Å²) in [5.41, 5.74) is 0. The van der Waals surface area contributed by atoms with E-state index in [-0.39, 0.29) is 5.89 Å². The first-order valence-corrected chi connectivity index (χ1v) is 4.26. The highest BCUT2D eigenvalue weighted by atomic mass is 16.5. The third-order valence-electron chi connectivity index (χ3n) is 1.49. The van der Waals surface area contributed by atoms with Crippen LogP contribution in [-0.2, 0) is 15.9 Å². The van der Waals surface area contributed by atoms with E-state index < -0.39 is 5.97 Å². The summed E-state index contributed by atoms with van der Waals surface area (Å²) in [7, 11) is 1.26. The number of carbonyl (C=O) groups excluding carboxylic acids is 1. The third-order valence-corrected chi connectivity index (χ3v) is 1.49. The molecule has 6 nitrogen and oxygen atoms in total. The zero-order chi connectivity index (χ0) is 10.4. The maximum Gasteiger partial charge on any atom is 0.396 e. The van der Waals surface area contributed by atoms with Crippen molar-refractivity contribution in [2.45, 2.75) is 13.3 Å². The van der Waals surface area contributed by atoms with E-state index in [2.05, 4.69) is 14.9 Å². The first-order chi connectivity index (χ1) is 6.77. The SMILES string of the molecule is CCOCCc1nnc(C(=O)OC)o1. The van der Waals surface area contributed by atoms with E-state index in [0.29, 0.717) is 25.5 Å². The monoisotopic (exact) mass is 200 g/mol. The molecule has 1 aromatic rings. The van der Waals surface area contributed by atoms with E-state index in [1.54, 1.807) is 0 Å². The van der Waals surface area contributed by atoms with Gasteiger partial charge in [0, 0.05) is 13.0 Å². The van der Waals surface area contributed by atoms with Crippen LogP contribution >= 0.6 is 0 Å². The Morgan fingerprint density at radius 1 is 1.50 bits per heavy atom. The molecule has 0 radical (unpaired) electrons. The van der Waals surface area contributed by atoms with Crippen LogP contribution in [0.3, 0.4) is 0 Å². The van der Waals surface area contributed by atoms with Gasteiger partial charge in [-0.25, -0.2) is 4.79 Å². The zero-order valence-corrected chi connectivity index (χ0v) is 8.15. The average Bonchev–Trinajstić information content (AvgIpc) is 2.66. The van der Waals surface area contributed by atoms with Crippen LogP contribution in [0.2, 0.25) is 0 Å². The van der Waals surface area contributed by atoms with Crippen molar-refractivity contribution in [1.82, 2.24) is 10.2 Å². The molecule has 0 saturated carbocycles. The largest absolute Gasteiger partial charge is 0.462 e. The van der Waals surface area contributed by atoms with Crippen LogP contribution in [0.25, 0.3) is 0 Å². The van der Waals surface area contributed by atoms with Gasteiger partial charge in [0.2, 0.25) is 5.89 Å². The highest BCUT2D eigenvalue weighted by Crippen LogP contribution is 2.01. The van der Waals surface area contributed by atoms with E-state index in [9.17, 15) is 4.79 Å². The minimum Gasteiger partial charge on any atom is -0.462 e. The van der Waals surface area contributed by atoms with Gasteiger partial charge in [0.1, 0.15) is 0 Å². The molecule has 0 amide bonds. The molecule has 1 aromatic heterocycles. The highest BCUT2D eigenvalue weighted by Gasteiger charge is 2.14. The molecule has 0 N–H and O–H groups in total. The van der Waals surface area contributed by atoms with E-state index in [1.165, 1.54) is 7.11 Å². The predicted molar refractivity (Wildman–Crippen MR) is 45.8 cm³/mol. The van der Waals surface area contributed by atoms with Gasteiger partial charge in [0.15, 0.2) is 0 Å². The molecule has 0 atom stereocenters. The smallest absolute Gasteiger partial charge is 0.396 e. The molecule has 1 rings (SSSR count). The maximum absolute atomic E-state index is 10.9. The zero-order valence-electron chi connectivity index (χ0n) is 8.15. The summed E-state index contributed by atoms with van der Waals surface area (Å²) < 4.78 is 14.5. The van der Waals surface area contributed by atoms with Gasteiger partial charge in [-0.3, -0.25) is 0 Å². The second-order valence-corrected chi connectivity index (χ2v) is 2.44. The van der Waals surface area contributed by atoms with Gasteiger partial charge >= 0.3 is 11.9 Å². The topological polar surface area (TPSA) is 74.5 Å². The summed E-state index contributed by atoms with van der Waals surface area (Å²) in [6.45, 7) is 3.03. The van der Waals surface area contributed by atoms with Crippen molar-refractivity contribution >= 4 is 5.97 Å². The van der Waals surface area contributed by atoms with Gasteiger partial charge in [-0.1, -0.05) is 0 Å². The van der Waals surface area contributed by atoms with Crippen molar-refractivity contribution in [2.24, 2.45) is 0 Å². The second kappa shape index (κ2) is 5.33. The molecule has 1 heterocycles. The Hall–Kier alpha value is -1.43. The maximum atomic E-state index is 10.9. The Bertz CT molecular complexity index is 297. The Balaban J connectivity index is 2.46. The number of carbonyl (C=O) groups is 1. The van der Waals surface area contributed by atoms with Crippen LogP contribution in [-0.4, -0.2) is 36.5 Å². The fraction of sp³-hybridized carbons (Fsp3) is 0.625. The molecule has 0 saturated heterocycles. The number of methoxy groups -OCH3 is 1. The Labute approximate surface area is 81.2 Å². The van der Waals surface area contributed by atoms with Crippen LogP contribution < -0.4 is 0 Å². The van der Waals surface area contributed by atoms with Crippen LogP contribution in [0.5, 0.6) is 0 Å². The molecule has 6 heteroatoms. The van der Waals surface area contributed by atoms with Crippen LogP contribution in [0.4, 0.5) is 0 Å². The molecule has 0 spiro atoms. The summed E-state index contributed by atoms with van der Waals surface area (Å²) in [4.78, 5) is 10.9. The van der Waals surface area contributed by atoms with Crippen LogP contribution in [0.1, 0.15) is 23.5 Å². The molecule has 14 heavy (non-hydrogen) atoms. The number of esters is 1. The van der Waals surface area contributed by atoms with E-state index in [4.69, 9.17) is 9.15 Å².